The van der Waals surface area contributed by atoms with Crippen molar-refractivity contribution in [2.24, 2.45) is 0 Å². The highest BCUT2D eigenvalue weighted by Crippen LogP contribution is 2.18. The first kappa shape index (κ1) is 31.0. The van der Waals surface area contributed by atoms with Gasteiger partial charge in [-0.15, -0.1) is 0 Å². The standard InChI is InChI=1S/C9H19NO.2C4H4S.3C2H6/c1-3-9-6-5-7-10(9)8-11-4-2;2*1-2-4-5-3-1;3*1-2/h9H,3-8H2,1-2H3;2*1-4H;3*1-2H3. The fourth-order valence-corrected chi connectivity index (χ4v) is 3.10. The first-order valence-electron chi connectivity index (χ1n) is 10.6. The van der Waals surface area contributed by atoms with E-state index in [4.69, 9.17) is 4.74 Å². The smallest absolute Gasteiger partial charge is 0.0992 e. The predicted molar refractivity (Wildman–Crippen MR) is 129 cm³/mol. The van der Waals surface area contributed by atoms with E-state index in [2.05, 4.69) is 18.7 Å². The number of nitrogens with zero attached hydrogens (tertiary/aromatic N) is 1. The van der Waals surface area contributed by atoms with Gasteiger partial charge in [0.05, 0.1) is 6.73 Å². The summed E-state index contributed by atoms with van der Waals surface area (Å²) in [6, 6.07) is 8.87. The average molecular weight is 416 g/mol. The van der Waals surface area contributed by atoms with E-state index in [-0.39, 0.29) is 0 Å². The summed E-state index contributed by atoms with van der Waals surface area (Å²) in [4.78, 5) is 2.45. The Kier molecular flexibility index (Phi) is 34.5. The van der Waals surface area contributed by atoms with Gasteiger partial charge in [0, 0.05) is 19.2 Å². The summed E-state index contributed by atoms with van der Waals surface area (Å²) in [6.45, 7) is 19.2. The third-order valence-corrected chi connectivity index (χ3v) is 4.54. The number of hydrogen-bond acceptors (Lipinski definition) is 4. The van der Waals surface area contributed by atoms with Crippen molar-refractivity contribution >= 4 is 22.7 Å². The zero-order valence-corrected chi connectivity index (χ0v) is 20.7. The molecule has 2 aromatic rings. The van der Waals surface area contributed by atoms with Crippen molar-refractivity contribution in [1.82, 2.24) is 4.90 Å². The molecule has 1 fully saturated rings. The van der Waals surface area contributed by atoms with Gasteiger partial charge in [-0.1, -0.05) is 72.7 Å². The molecule has 1 saturated heterocycles. The third kappa shape index (κ3) is 21.5. The minimum absolute atomic E-state index is 0.793. The van der Waals surface area contributed by atoms with Crippen molar-refractivity contribution in [2.45, 2.75) is 80.7 Å². The molecule has 27 heavy (non-hydrogen) atoms. The van der Waals surface area contributed by atoms with Crippen LogP contribution in [0.1, 0.15) is 74.7 Å². The highest BCUT2D eigenvalue weighted by atomic mass is 32.1. The number of thiophene rings is 2. The molecule has 0 bridgehead atoms. The van der Waals surface area contributed by atoms with Crippen LogP contribution in [0.2, 0.25) is 0 Å². The lowest BCUT2D eigenvalue weighted by Crippen LogP contribution is -2.31. The average Bonchev–Trinajstić information content (AvgIpc) is 3.55. The van der Waals surface area contributed by atoms with Crippen molar-refractivity contribution in [3.05, 3.63) is 45.8 Å². The van der Waals surface area contributed by atoms with E-state index in [0.29, 0.717) is 0 Å². The third-order valence-electron chi connectivity index (χ3n) is 3.28. The molecule has 0 radical (unpaired) electrons. The van der Waals surface area contributed by atoms with E-state index in [9.17, 15) is 0 Å². The summed E-state index contributed by atoms with van der Waals surface area (Å²) in [7, 11) is 0. The lowest BCUT2D eigenvalue weighted by molar-refractivity contribution is 0.0276. The number of hydrogen-bond donors (Lipinski definition) is 0. The molecule has 0 spiro atoms. The molecule has 0 aromatic carbocycles. The summed E-state index contributed by atoms with van der Waals surface area (Å²) < 4.78 is 5.38. The maximum atomic E-state index is 5.38. The van der Waals surface area contributed by atoms with Crippen LogP contribution in [0.3, 0.4) is 0 Å². The van der Waals surface area contributed by atoms with Gasteiger partial charge in [-0.3, -0.25) is 4.90 Å². The molecule has 1 unspecified atom stereocenters. The normalized spacial score (nSPS) is 14.3. The lowest BCUT2D eigenvalue weighted by atomic mass is 10.2. The Balaban J connectivity index is -0.000000303. The SMILES string of the molecule is CC.CC.CC.CCOCN1CCCC1CC.c1ccsc1.c1ccsc1. The van der Waals surface area contributed by atoms with Gasteiger partial charge >= 0.3 is 0 Å². The van der Waals surface area contributed by atoms with Gasteiger partial charge in [0.2, 0.25) is 0 Å². The molecule has 0 saturated carbocycles. The fraction of sp³-hybridized carbons (Fsp3) is 0.652. The van der Waals surface area contributed by atoms with E-state index >= 15 is 0 Å². The van der Waals surface area contributed by atoms with Crippen molar-refractivity contribution in [3.8, 4) is 0 Å². The van der Waals surface area contributed by atoms with Gasteiger partial charge in [-0.25, -0.2) is 0 Å². The largest absolute Gasteiger partial charge is 0.366 e. The highest BCUT2D eigenvalue weighted by molar-refractivity contribution is 7.08. The van der Waals surface area contributed by atoms with E-state index < -0.39 is 0 Å². The summed E-state index contributed by atoms with van der Waals surface area (Å²) in [5.41, 5.74) is 0. The van der Waals surface area contributed by atoms with Crippen LogP contribution in [0.25, 0.3) is 0 Å². The van der Waals surface area contributed by atoms with Gasteiger partial charge in [0.15, 0.2) is 0 Å². The lowest BCUT2D eigenvalue weighted by Gasteiger charge is -2.22. The monoisotopic (exact) mass is 415 g/mol. The second kappa shape index (κ2) is 30.1. The molecular weight excluding hydrogens is 370 g/mol. The quantitative estimate of drug-likeness (QED) is 0.496. The molecule has 0 aliphatic carbocycles. The van der Waals surface area contributed by atoms with Crippen molar-refractivity contribution < 1.29 is 4.74 Å². The van der Waals surface area contributed by atoms with Crippen LogP contribution in [0, 0.1) is 0 Å². The molecule has 1 aliphatic heterocycles. The molecular formula is C23H45NOS2. The van der Waals surface area contributed by atoms with Crippen LogP contribution in [0.5, 0.6) is 0 Å². The van der Waals surface area contributed by atoms with Gasteiger partial charge in [-0.05, 0) is 47.7 Å². The molecule has 3 heterocycles. The second-order valence-corrected chi connectivity index (χ2v) is 6.36. The van der Waals surface area contributed by atoms with Crippen LogP contribution in [0.4, 0.5) is 0 Å². The van der Waals surface area contributed by atoms with E-state index in [1.807, 2.05) is 87.3 Å². The summed E-state index contributed by atoms with van der Waals surface area (Å²) in [5, 5.41) is 8.17. The Morgan fingerprint density at radius 2 is 1.26 bits per heavy atom. The molecule has 2 aromatic heterocycles. The summed E-state index contributed by atoms with van der Waals surface area (Å²) in [6.07, 6.45) is 3.99. The maximum Gasteiger partial charge on any atom is 0.0992 e. The Hall–Kier alpha value is -0.680. The molecule has 0 N–H and O–H groups in total. The van der Waals surface area contributed by atoms with E-state index in [0.717, 1.165) is 19.4 Å². The number of ether oxygens (including phenoxy) is 1. The van der Waals surface area contributed by atoms with Crippen LogP contribution >= 0.6 is 22.7 Å². The number of rotatable bonds is 4. The van der Waals surface area contributed by atoms with Gasteiger partial charge in [0.25, 0.3) is 0 Å². The van der Waals surface area contributed by atoms with E-state index in [1.54, 1.807) is 22.7 Å². The van der Waals surface area contributed by atoms with Crippen molar-refractivity contribution in [3.63, 3.8) is 0 Å². The van der Waals surface area contributed by atoms with Crippen molar-refractivity contribution in [1.29, 1.82) is 0 Å². The molecule has 4 heteroatoms. The highest BCUT2D eigenvalue weighted by Gasteiger charge is 2.21. The maximum absolute atomic E-state index is 5.38. The second-order valence-electron chi connectivity index (χ2n) is 4.72. The molecule has 1 aliphatic rings. The van der Waals surface area contributed by atoms with Gasteiger partial charge in [-0.2, -0.15) is 22.7 Å². The topological polar surface area (TPSA) is 12.5 Å². The van der Waals surface area contributed by atoms with E-state index in [1.165, 1.54) is 25.8 Å². The Bertz CT molecular complexity index is 330. The molecule has 0 amide bonds. The Labute approximate surface area is 178 Å². The fourth-order valence-electron chi connectivity index (χ4n) is 2.19. The zero-order valence-electron chi connectivity index (χ0n) is 19.1. The summed E-state index contributed by atoms with van der Waals surface area (Å²) >= 11 is 3.43. The molecule has 160 valence electrons. The van der Waals surface area contributed by atoms with Crippen LogP contribution in [-0.4, -0.2) is 30.8 Å². The Morgan fingerprint density at radius 1 is 0.815 bits per heavy atom. The zero-order chi connectivity index (χ0) is 21.2. The molecule has 2 nitrogen and oxygen atoms in total. The predicted octanol–water partition coefficient (Wildman–Crippen LogP) is 8.43. The minimum atomic E-state index is 0.793. The number of likely N-dealkylation sites (tertiary alicyclic amines) is 1. The van der Waals surface area contributed by atoms with Gasteiger partial charge < -0.3 is 4.74 Å². The van der Waals surface area contributed by atoms with Crippen LogP contribution in [0.15, 0.2) is 45.8 Å². The minimum Gasteiger partial charge on any atom is -0.366 e. The van der Waals surface area contributed by atoms with Crippen LogP contribution < -0.4 is 0 Å². The first-order chi connectivity index (χ1) is 13.4. The van der Waals surface area contributed by atoms with Crippen molar-refractivity contribution in [2.75, 3.05) is 19.9 Å². The molecule has 1 atom stereocenters. The first-order valence-corrected chi connectivity index (χ1v) is 12.5. The molecule has 3 rings (SSSR count). The summed E-state index contributed by atoms with van der Waals surface area (Å²) in [5.74, 6) is 0. The van der Waals surface area contributed by atoms with Gasteiger partial charge in [0.1, 0.15) is 0 Å². The van der Waals surface area contributed by atoms with Crippen LogP contribution in [-0.2, 0) is 4.74 Å². The Morgan fingerprint density at radius 3 is 1.56 bits per heavy atom.